The number of hydrogen-bond donors (Lipinski definition) is 4. The minimum Gasteiger partial charge on any atom is -0.480 e. The maximum Gasteiger partial charge on any atom is 0.326 e. The van der Waals surface area contributed by atoms with E-state index >= 15 is 0 Å². The largest absolute Gasteiger partial charge is 0.480 e. The number of nitriles is 1. The Morgan fingerprint density at radius 1 is 1.00 bits per heavy atom. The molecular weight excluding hydrogens is 356 g/mol. The summed E-state index contributed by atoms with van der Waals surface area (Å²) in [7, 11) is 0. The van der Waals surface area contributed by atoms with E-state index in [0.29, 0.717) is 5.69 Å². The van der Waals surface area contributed by atoms with Gasteiger partial charge < -0.3 is 21.1 Å². The van der Waals surface area contributed by atoms with Crippen LogP contribution in [0.25, 0.3) is 0 Å². The highest BCUT2D eigenvalue weighted by Crippen LogP contribution is 2.18. The number of benzene rings is 2. The molecule has 28 heavy (non-hydrogen) atoms. The molecule has 0 aliphatic heterocycles. The summed E-state index contributed by atoms with van der Waals surface area (Å²) in [5, 5.41) is 26.8. The average molecular weight is 378 g/mol. The van der Waals surface area contributed by atoms with Gasteiger partial charge in [-0.2, -0.15) is 5.26 Å². The molecular formula is C21H22N4O3. The van der Waals surface area contributed by atoms with E-state index in [-0.39, 0.29) is 11.5 Å². The number of nitrogens with one attached hydrogen (secondary N) is 3. The second kappa shape index (κ2) is 9.78. The van der Waals surface area contributed by atoms with Crippen LogP contribution in [-0.2, 0) is 9.59 Å². The van der Waals surface area contributed by atoms with Crippen LogP contribution in [0.3, 0.4) is 0 Å². The number of nitrogens with zero attached hydrogens (tertiary/aromatic N) is 1. The number of rotatable bonds is 8. The lowest BCUT2D eigenvalue weighted by Gasteiger charge is -2.17. The maximum absolute atomic E-state index is 12.2. The van der Waals surface area contributed by atoms with Gasteiger partial charge in [0, 0.05) is 23.3 Å². The van der Waals surface area contributed by atoms with Gasteiger partial charge in [0.1, 0.15) is 17.7 Å². The summed E-state index contributed by atoms with van der Waals surface area (Å²) in [6, 6.07) is 17.7. The standard InChI is InChI=1S/C21H22N4O3/c1-14(2)19(21(27)28)25-20(26)15(12-22)13-23-16-8-10-18(11-9-16)24-17-6-4-3-5-7-17/h3-11,13-14,19,23-24H,1-2H3,(H,25,26)(H,27,28)/b15-13-. The monoisotopic (exact) mass is 378 g/mol. The van der Waals surface area contributed by atoms with Gasteiger partial charge in [-0.05, 0) is 42.3 Å². The molecule has 0 bridgehead atoms. The van der Waals surface area contributed by atoms with Crippen molar-refractivity contribution in [2.24, 2.45) is 5.92 Å². The first-order valence-electron chi connectivity index (χ1n) is 8.73. The Hall–Kier alpha value is -3.79. The number of carboxylic acid groups (broad SMARTS) is 1. The lowest BCUT2D eigenvalue weighted by molar-refractivity contribution is -0.142. The molecule has 7 nitrogen and oxygen atoms in total. The molecule has 0 radical (unpaired) electrons. The van der Waals surface area contributed by atoms with Crippen LogP contribution in [0.4, 0.5) is 17.1 Å². The summed E-state index contributed by atoms with van der Waals surface area (Å²) >= 11 is 0. The molecule has 2 aromatic rings. The Morgan fingerprint density at radius 2 is 1.57 bits per heavy atom. The molecule has 2 rings (SSSR count). The lowest BCUT2D eigenvalue weighted by atomic mass is 10.0. The van der Waals surface area contributed by atoms with Crippen LogP contribution < -0.4 is 16.0 Å². The van der Waals surface area contributed by atoms with Gasteiger partial charge in [0.15, 0.2) is 0 Å². The normalized spacial score (nSPS) is 12.0. The second-order valence-electron chi connectivity index (χ2n) is 6.42. The van der Waals surface area contributed by atoms with Crippen LogP contribution in [0.5, 0.6) is 0 Å². The Labute approximate surface area is 163 Å². The van der Waals surface area contributed by atoms with Gasteiger partial charge >= 0.3 is 5.97 Å². The van der Waals surface area contributed by atoms with Crippen molar-refractivity contribution in [2.75, 3.05) is 10.6 Å². The van der Waals surface area contributed by atoms with E-state index in [1.54, 1.807) is 32.0 Å². The molecule has 0 saturated heterocycles. The molecule has 0 fully saturated rings. The van der Waals surface area contributed by atoms with E-state index in [2.05, 4.69) is 16.0 Å². The van der Waals surface area contributed by atoms with Gasteiger partial charge in [-0.1, -0.05) is 32.0 Å². The van der Waals surface area contributed by atoms with E-state index in [0.717, 1.165) is 11.4 Å². The van der Waals surface area contributed by atoms with Crippen molar-refractivity contribution in [3.63, 3.8) is 0 Å². The van der Waals surface area contributed by atoms with Crippen molar-refractivity contribution in [2.45, 2.75) is 19.9 Å². The zero-order valence-electron chi connectivity index (χ0n) is 15.6. The Balaban J connectivity index is 2.01. The highest BCUT2D eigenvalue weighted by atomic mass is 16.4. The molecule has 0 saturated carbocycles. The first-order valence-corrected chi connectivity index (χ1v) is 8.73. The maximum atomic E-state index is 12.2. The van der Waals surface area contributed by atoms with Crippen molar-refractivity contribution in [1.82, 2.24) is 5.32 Å². The zero-order chi connectivity index (χ0) is 20.5. The smallest absolute Gasteiger partial charge is 0.326 e. The van der Waals surface area contributed by atoms with Crippen molar-refractivity contribution in [1.29, 1.82) is 5.26 Å². The summed E-state index contributed by atoms with van der Waals surface area (Å²) in [5.41, 5.74) is 2.32. The highest BCUT2D eigenvalue weighted by molar-refractivity contribution is 5.99. The van der Waals surface area contributed by atoms with E-state index < -0.39 is 17.9 Å². The minimum absolute atomic E-state index is 0.210. The van der Waals surface area contributed by atoms with Crippen LogP contribution in [0.1, 0.15) is 13.8 Å². The molecule has 0 spiro atoms. The number of carbonyl (C=O) groups excluding carboxylic acids is 1. The summed E-state index contributed by atoms with van der Waals surface area (Å²) in [4.78, 5) is 23.3. The highest BCUT2D eigenvalue weighted by Gasteiger charge is 2.24. The molecule has 1 atom stereocenters. The third-order valence-corrected chi connectivity index (χ3v) is 3.91. The fraction of sp³-hybridized carbons (Fsp3) is 0.190. The molecule has 0 aromatic heterocycles. The van der Waals surface area contributed by atoms with Gasteiger partial charge in [-0.15, -0.1) is 0 Å². The van der Waals surface area contributed by atoms with Crippen molar-refractivity contribution < 1.29 is 14.7 Å². The quantitative estimate of drug-likeness (QED) is 0.413. The van der Waals surface area contributed by atoms with E-state index in [4.69, 9.17) is 5.11 Å². The van der Waals surface area contributed by atoms with E-state index in [9.17, 15) is 14.9 Å². The summed E-state index contributed by atoms with van der Waals surface area (Å²) in [6.45, 7) is 3.36. The van der Waals surface area contributed by atoms with Crippen LogP contribution in [0.15, 0.2) is 66.4 Å². The summed E-state index contributed by atoms with van der Waals surface area (Å²) in [5.74, 6) is -2.19. The molecule has 7 heteroatoms. The van der Waals surface area contributed by atoms with E-state index in [1.807, 2.05) is 42.5 Å². The third kappa shape index (κ3) is 5.88. The molecule has 0 heterocycles. The lowest BCUT2D eigenvalue weighted by Crippen LogP contribution is -2.44. The Bertz CT molecular complexity index is 884. The third-order valence-electron chi connectivity index (χ3n) is 3.91. The topological polar surface area (TPSA) is 114 Å². The molecule has 144 valence electrons. The molecule has 1 unspecified atom stereocenters. The fourth-order valence-corrected chi connectivity index (χ4v) is 2.37. The SMILES string of the molecule is CC(C)C(NC(=O)/C(C#N)=C\Nc1ccc(Nc2ccccc2)cc1)C(=O)O. The number of hydrogen-bond acceptors (Lipinski definition) is 5. The van der Waals surface area contributed by atoms with Crippen molar-refractivity contribution in [3.05, 3.63) is 66.4 Å². The Kier molecular flexibility index (Phi) is 7.17. The van der Waals surface area contributed by atoms with Gasteiger partial charge in [0.05, 0.1) is 0 Å². The van der Waals surface area contributed by atoms with Gasteiger partial charge in [0.25, 0.3) is 5.91 Å². The number of anilines is 3. The van der Waals surface area contributed by atoms with Crippen molar-refractivity contribution in [3.8, 4) is 6.07 Å². The van der Waals surface area contributed by atoms with Gasteiger partial charge in [0.2, 0.25) is 0 Å². The first-order chi connectivity index (χ1) is 13.4. The number of aliphatic carboxylic acids is 1. The molecule has 0 aliphatic carbocycles. The predicted molar refractivity (Wildman–Crippen MR) is 108 cm³/mol. The predicted octanol–water partition coefficient (Wildman–Crippen LogP) is 3.47. The minimum atomic E-state index is -1.14. The molecule has 1 amide bonds. The van der Waals surface area contributed by atoms with Crippen LogP contribution >= 0.6 is 0 Å². The molecule has 2 aromatic carbocycles. The van der Waals surface area contributed by atoms with Gasteiger partial charge in [-0.3, -0.25) is 4.79 Å². The van der Waals surface area contributed by atoms with Crippen LogP contribution in [-0.4, -0.2) is 23.0 Å². The number of amides is 1. The van der Waals surface area contributed by atoms with Crippen LogP contribution in [0, 0.1) is 17.2 Å². The Morgan fingerprint density at radius 3 is 2.11 bits per heavy atom. The average Bonchev–Trinajstić information content (AvgIpc) is 2.68. The zero-order valence-corrected chi connectivity index (χ0v) is 15.6. The number of para-hydroxylation sites is 1. The fourth-order valence-electron chi connectivity index (χ4n) is 2.37. The number of carboxylic acids is 1. The van der Waals surface area contributed by atoms with E-state index in [1.165, 1.54) is 6.20 Å². The summed E-state index contributed by atoms with van der Waals surface area (Å²) < 4.78 is 0. The van der Waals surface area contributed by atoms with Gasteiger partial charge in [-0.25, -0.2) is 4.79 Å². The first kappa shape index (κ1) is 20.5. The van der Waals surface area contributed by atoms with Crippen molar-refractivity contribution >= 4 is 28.9 Å². The summed E-state index contributed by atoms with van der Waals surface area (Å²) in [6.07, 6.45) is 1.26. The molecule has 0 aliphatic rings. The molecule has 4 N–H and O–H groups in total. The number of carbonyl (C=O) groups is 2. The second-order valence-corrected chi connectivity index (χ2v) is 6.42. The van der Waals surface area contributed by atoms with Crippen LogP contribution in [0.2, 0.25) is 0 Å².